The second-order valence-electron chi connectivity index (χ2n) is 6.31. The molecule has 1 aromatic carbocycles. The molecule has 140 valence electrons. The van der Waals surface area contributed by atoms with Crippen molar-refractivity contribution in [2.24, 2.45) is 5.73 Å². The second-order valence-corrected chi connectivity index (χ2v) is 7.60. The number of nitrogens with two attached hydrogens (primary N) is 1. The highest BCUT2D eigenvalue weighted by atomic mass is 32.1. The molecule has 2 amide bonds. The Labute approximate surface area is 164 Å². The number of pyridine rings is 1. The van der Waals surface area contributed by atoms with E-state index in [1.807, 2.05) is 19.1 Å². The first kappa shape index (κ1) is 17.9. The molecule has 3 heterocycles. The van der Waals surface area contributed by atoms with Gasteiger partial charge >= 0.3 is 0 Å². The minimum Gasteiger partial charge on any atom is -0.366 e. The fraction of sp³-hybridized carbons (Fsp3) is 0.100. The number of hydrogen-bond acceptors (Lipinski definition) is 6. The Morgan fingerprint density at radius 1 is 1.14 bits per heavy atom. The van der Waals surface area contributed by atoms with Crippen LogP contribution in [-0.4, -0.2) is 22.0 Å². The fourth-order valence-electron chi connectivity index (χ4n) is 2.92. The number of hydrogen-bond donors (Lipinski definition) is 2. The topological polar surface area (TPSA) is 111 Å². The van der Waals surface area contributed by atoms with E-state index in [1.165, 1.54) is 6.07 Å². The van der Waals surface area contributed by atoms with Crippen LogP contribution < -0.4 is 11.1 Å². The largest absolute Gasteiger partial charge is 0.366 e. The molecule has 0 fully saturated rings. The first-order valence-corrected chi connectivity index (χ1v) is 9.29. The van der Waals surface area contributed by atoms with Gasteiger partial charge in [-0.1, -0.05) is 11.2 Å². The predicted molar refractivity (Wildman–Crippen MR) is 108 cm³/mol. The van der Waals surface area contributed by atoms with Crippen molar-refractivity contribution in [3.8, 4) is 10.6 Å². The molecule has 0 unspecified atom stereocenters. The van der Waals surface area contributed by atoms with Gasteiger partial charge in [-0.15, -0.1) is 11.3 Å². The molecule has 0 bridgehead atoms. The number of aryl methyl sites for hydroxylation is 2. The highest BCUT2D eigenvalue weighted by molar-refractivity contribution is 7.15. The number of primary amides is 1. The van der Waals surface area contributed by atoms with Crippen LogP contribution in [0.15, 0.2) is 47.0 Å². The first-order valence-electron chi connectivity index (χ1n) is 8.47. The summed E-state index contributed by atoms with van der Waals surface area (Å²) in [5.74, 6) is -0.914. The average Bonchev–Trinajstić information content (AvgIpc) is 3.27. The summed E-state index contributed by atoms with van der Waals surface area (Å²) in [6, 6.07) is 12.1. The maximum Gasteiger partial charge on any atom is 0.259 e. The summed E-state index contributed by atoms with van der Waals surface area (Å²) in [4.78, 5) is 31.0. The number of carbonyl (C=O) groups excluding carboxylic acids is 2. The molecule has 0 saturated heterocycles. The molecular weight excluding hydrogens is 376 g/mol. The van der Waals surface area contributed by atoms with E-state index in [9.17, 15) is 9.59 Å². The smallest absolute Gasteiger partial charge is 0.259 e. The summed E-state index contributed by atoms with van der Waals surface area (Å²) in [6.07, 6.45) is 0. The van der Waals surface area contributed by atoms with Gasteiger partial charge in [-0.25, -0.2) is 4.98 Å². The van der Waals surface area contributed by atoms with Crippen LogP contribution in [0.5, 0.6) is 0 Å². The van der Waals surface area contributed by atoms with Crippen molar-refractivity contribution in [3.63, 3.8) is 0 Å². The van der Waals surface area contributed by atoms with Crippen molar-refractivity contribution in [2.75, 3.05) is 5.32 Å². The Bertz CT molecular complexity index is 1230. The standard InChI is InChI=1S/C20H16N4O3S/c1-10-6-7-16(28-10)15-9-14(17-11(2)24-27-20(17)23-15)19(26)22-13-5-3-4-12(8-13)18(21)25/h3-9H,1-2H3,(H2,21,25)(H,22,26). The van der Waals surface area contributed by atoms with Gasteiger partial charge in [0.1, 0.15) is 0 Å². The van der Waals surface area contributed by atoms with E-state index in [0.717, 1.165) is 9.75 Å². The van der Waals surface area contributed by atoms with Crippen LogP contribution in [0, 0.1) is 13.8 Å². The molecule has 3 aromatic heterocycles. The van der Waals surface area contributed by atoms with Gasteiger partial charge in [-0.3, -0.25) is 9.59 Å². The molecule has 0 radical (unpaired) electrons. The summed E-state index contributed by atoms with van der Waals surface area (Å²) in [5, 5.41) is 7.31. The van der Waals surface area contributed by atoms with Gasteiger partial charge in [0, 0.05) is 16.1 Å². The van der Waals surface area contributed by atoms with Crippen molar-refractivity contribution in [3.05, 3.63) is 64.2 Å². The molecule has 0 aliphatic rings. The number of carbonyl (C=O) groups is 2. The van der Waals surface area contributed by atoms with E-state index in [4.69, 9.17) is 10.3 Å². The summed E-state index contributed by atoms with van der Waals surface area (Å²) >= 11 is 1.58. The van der Waals surface area contributed by atoms with E-state index in [2.05, 4.69) is 15.5 Å². The van der Waals surface area contributed by atoms with Crippen LogP contribution in [-0.2, 0) is 0 Å². The molecule has 4 aromatic rings. The van der Waals surface area contributed by atoms with Gasteiger partial charge in [0.25, 0.3) is 11.6 Å². The number of thiophene rings is 1. The second kappa shape index (κ2) is 6.90. The van der Waals surface area contributed by atoms with E-state index in [0.29, 0.717) is 39.3 Å². The summed E-state index contributed by atoms with van der Waals surface area (Å²) in [6.45, 7) is 3.76. The lowest BCUT2D eigenvalue weighted by molar-refractivity contribution is 0.0996. The average molecular weight is 392 g/mol. The van der Waals surface area contributed by atoms with Gasteiger partial charge in [0.2, 0.25) is 5.91 Å². The third-order valence-corrected chi connectivity index (χ3v) is 5.28. The van der Waals surface area contributed by atoms with E-state index in [-0.39, 0.29) is 5.91 Å². The van der Waals surface area contributed by atoms with Crippen molar-refractivity contribution in [1.29, 1.82) is 0 Å². The minimum atomic E-state index is -0.562. The highest BCUT2D eigenvalue weighted by Gasteiger charge is 2.20. The van der Waals surface area contributed by atoms with Crippen molar-refractivity contribution in [1.82, 2.24) is 10.1 Å². The number of amides is 2. The Balaban J connectivity index is 1.78. The van der Waals surface area contributed by atoms with Gasteiger partial charge in [0.05, 0.1) is 27.2 Å². The first-order chi connectivity index (χ1) is 13.4. The normalized spacial score (nSPS) is 10.9. The Morgan fingerprint density at radius 3 is 2.68 bits per heavy atom. The summed E-state index contributed by atoms with van der Waals surface area (Å²) in [7, 11) is 0. The van der Waals surface area contributed by atoms with Gasteiger partial charge in [-0.2, -0.15) is 0 Å². The molecule has 0 aliphatic heterocycles. The molecule has 0 atom stereocenters. The zero-order valence-electron chi connectivity index (χ0n) is 15.1. The number of benzene rings is 1. The number of nitrogens with zero attached hydrogens (tertiary/aromatic N) is 2. The molecule has 8 heteroatoms. The Morgan fingerprint density at radius 2 is 1.96 bits per heavy atom. The molecule has 7 nitrogen and oxygen atoms in total. The Hall–Kier alpha value is -3.52. The molecule has 0 spiro atoms. The lowest BCUT2D eigenvalue weighted by Gasteiger charge is -2.08. The van der Waals surface area contributed by atoms with Crippen LogP contribution in [0.2, 0.25) is 0 Å². The van der Waals surface area contributed by atoms with Crippen LogP contribution in [0.3, 0.4) is 0 Å². The molecule has 0 saturated carbocycles. The van der Waals surface area contributed by atoms with Gasteiger partial charge in [0.15, 0.2) is 0 Å². The van der Waals surface area contributed by atoms with Crippen LogP contribution in [0.1, 0.15) is 31.3 Å². The third-order valence-electron chi connectivity index (χ3n) is 4.26. The van der Waals surface area contributed by atoms with Crippen molar-refractivity contribution >= 4 is 39.9 Å². The fourth-order valence-corrected chi connectivity index (χ4v) is 3.75. The maximum absolute atomic E-state index is 13.0. The lowest BCUT2D eigenvalue weighted by atomic mass is 10.1. The molecule has 0 aliphatic carbocycles. The lowest BCUT2D eigenvalue weighted by Crippen LogP contribution is -2.15. The molecule has 4 rings (SSSR count). The maximum atomic E-state index is 13.0. The number of aromatic nitrogens is 2. The van der Waals surface area contributed by atoms with Crippen molar-refractivity contribution < 1.29 is 14.1 Å². The van der Waals surface area contributed by atoms with E-state index in [1.54, 1.807) is 42.5 Å². The number of fused-ring (bicyclic) bond motifs is 1. The predicted octanol–water partition coefficient (Wildman–Crippen LogP) is 3.92. The number of anilines is 1. The zero-order valence-corrected chi connectivity index (χ0v) is 16.0. The highest BCUT2D eigenvalue weighted by Crippen LogP contribution is 2.31. The van der Waals surface area contributed by atoms with Crippen LogP contribution in [0.25, 0.3) is 21.7 Å². The summed E-state index contributed by atoms with van der Waals surface area (Å²) in [5.41, 5.74) is 8.01. The zero-order chi connectivity index (χ0) is 19.8. The number of nitrogens with one attached hydrogen (secondary N) is 1. The molecule has 28 heavy (non-hydrogen) atoms. The van der Waals surface area contributed by atoms with Gasteiger partial charge < -0.3 is 15.6 Å². The van der Waals surface area contributed by atoms with Gasteiger partial charge in [-0.05, 0) is 50.2 Å². The third kappa shape index (κ3) is 3.25. The quantitative estimate of drug-likeness (QED) is 0.547. The number of rotatable bonds is 4. The Kier molecular flexibility index (Phi) is 4.40. The van der Waals surface area contributed by atoms with E-state index >= 15 is 0 Å². The molecule has 3 N–H and O–H groups in total. The van der Waals surface area contributed by atoms with Crippen molar-refractivity contribution in [2.45, 2.75) is 13.8 Å². The van der Waals surface area contributed by atoms with E-state index < -0.39 is 5.91 Å². The molecular formula is C20H16N4O3S. The van der Waals surface area contributed by atoms with Crippen LogP contribution in [0.4, 0.5) is 5.69 Å². The SMILES string of the molecule is Cc1ccc(-c2cc(C(=O)Nc3cccc(C(N)=O)c3)c3c(C)noc3n2)s1. The monoisotopic (exact) mass is 392 g/mol. The minimum absolute atomic E-state index is 0.303. The summed E-state index contributed by atoms with van der Waals surface area (Å²) < 4.78 is 5.31. The van der Waals surface area contributed by atoms with Crippen LogP contribution >= 0.6 is 11.3 Å².